The molecular weight excluding hydrogens is 1870 g/mol. The summed E-state index contributed by atoms with van der Waals surface area (Å²) in [6.07, 6.45) is 0. The lowest BCUT2D eigenvalue weighted by atomic mass is 10.2. The van der Waals surface area contributed by atoms with E-state index in [1.165, 1.54) is 141 Å². The molecule has 0 bridgehead atoms. The largest absolute Gasteiger partial charge is 0.452 e. The van der Waals surface area contributed by atoms with E-state index >= 15 is 0 Å². The summed E-state index contributed by atoms with van der Waals surface area (Å²) in [6, 6.07) is 28.1. The van der Waals surface area contributed by atoms with Crippen LogP contribution in [0, 0.1) is 0 Å². The van der Waals surface area contributed by atoms with Gasteiger partial charge in [-0.05, 0) is 164 Å². The fraction of sp³-hybridized carbons (Fsp3) is 0.188. The number of hydrogen-bond donors (Lipinski definition) is 0. The minimum atomic E-state index is -1.39. The zero-order chi connectivity index (χ0) is 61.1. The van der Waals surface area contributed by atoms with Gasteiger partial charge in [-0.25, -0.2) is 0 Å². The van der Waals surface area contributed by atoms with E-state index < -0.39 is 33.0 Å². The number of thiophene rings is 10. The Morgan fingerprint density at radius 3 is 0.932 bits per heavy atom. The molecule has 0 N–H and O–H groups in total. The molecule has 16 aromatic rings. The van der Waals surface area contributed by atoms with Crippen molar-refractivity contribution in [1.82, 2.24) is 0 Å². The van der Waals surface area contributed by atoms with Gasteiger partial charge in [-0.2, -0.15) is 0 Å². The predicted octanol–water partition coefficient (Wildman–Crippen LogP) is 29.4. The monoisotopic (exact) mass is 1910 g/mol. The molecule has 0 fully saturated rings. The van der Waals surface area contributed by atoms with E-state index in [-0.39, 0.29) is 7.43 Å². The molecule has 0 amide bonds. The molecule has 450 valence electrons. The van der Waals surface area contributed by atoms with Crippen molar-refractivity contribution >= 4 is 393 Å². The van der Waals surface area contributed by atoms with Crippen LogP contribution in [0.3, 0.4) is 0 Å². The first-order valence-electron chi connectivity index (χ1n) is 27.6. The molecule has 0 unspecified atom stereocenters. The molecule has 16 rings (SSSR count). The second-order valence-electron chi connectivity index (χ2n) is 25.1. The highest BCUT2D eigenvalue weighted by molar-refractivity contribution is 9.12. The van der Waals surface area contributed by atoms with Crippen LogP contribution in [-0.4, -0.2) is 33.0 Å². The van der Waals surface area contributed by atoms with Crippen molar-refractivity contribution in [3.63, 3.8) is 0 Å². The summed E-state index contributed by atoms with van der Waals surface area (Å²) >= 11 is 50.5. The van der Waals surface area contributed by atoms with Crippen molar-refractivity contribution in [2.45, 2.75) is 79.4 Å². The number of halogens is 8. The van der Waals surface area contributed by atoms with E-state index in [4.69, 9.17) is 8.83 Å². The van der Waals surface area contributed by atoms with E-state index in [0.29, 0.717) is 0 Å². The molecule has 0 saturated heterocycles. The summed E-state index contributed by atoms with van der Waals surface area (Å²) < 4.78 is 40.5. The topological polar surface area (TPSA) is 26.3 Å². The van der Waals surface area contributed by atoms with Gasteiger partial charge in [0.25, 0.3) is 0 Å². The Balaban J connectivity index is 0.000000153. The van der Waals surface area contributed by atoms with Gasteiger partial charge in [0.05, 0.1) is 145 Å². The van der Waals surface area contributed by atoms with Gasteiger partial charge in [-0.15, -0.1) is 113 Å². The zero-order valence-electron chi connectivity index (χ0n) is 47.9. The summed E-state index contributed by atoms with van der Waals surface area (Å²) in [7, 11) is -4.95. The fourth-order valence-electron chi connectivity index (χ4n) is 11.0. The Morgan fingerprint density at radius 2 is 0.580 bits per heavy atom. The maximum Gasteiger partial charge on any atom is 0.161 e. The molecule has 12 aromatic heterocycles. The van der Waals surface area contributed by atoms with Crippen molar-refractivity contribution in [3.8, 4) is 40.8 Å². The zero-order valence-corrected chi connectivity index (χ0v) is 72.9. The third-order valence-corrected chi connectivity index (χ3v) is 46.5. The third kappa shape index (κ3) is 10.5. The van der Waals surface area contributed by atoms with E-state index in [1.807, 2.05) is 90.7 Å². The Hall–Kier alpha value is -0.252. The molecular formula is C64H50Br8O2S10Si4. The van der Waals surface area contributed by atoms with Crippen molar-refractivity contribution in [3.05, 3.63) is 109 Å². The van der Waals surface area contributed by atoms with Crippen LogP contribution in [-0.2, 0) is 0 Å². The van der Waals surface area contributed by atoms with Gasteiger partial charge in [0.1, 0.15) is 0 Å². The summed E-state index contributed by atoms with van der Waals surface area (Å²) in [5.41, 5.74) is 1.92. The fourth-order valence-corrected chi connectivity index (χ4v) is 36.6. The first-order chi connectivity index (χ1) is 41.1. The first kappa shape index (κ1) is 65.1. The van der Waals surface area contributed by atoms with Crippen molar-refractivity contribution in [2.75, 3.05) is 0 Å². The number of fused-ring (bicyclic) bond motifs is 14. The Labute approximate surface area is 621 Å². The third-order valence-electron chi connectivity index (χ3n) is 15.9. The second kappa shape index (κ2) is 23.5. The van der Waals surface area contributed by atoms with Crippen LogP contribution in [0.1, 0.15) is 7.43 Å². The quantitative estimate of drug-likeness (QED) is 0.142. The maximum atomic E-state index is 6.63. The molecule has 0 spiro atoms. The average molecular weight is 1920 g/mol. The summed E-state index contributed by atoms with van der Waals surface area (Å²) in [6.45, 7) is 26.5. The van der Waals surface area contributed by atoms with Crippen LogP contribution in [0.5, 0.6) is 0 Å². The number of hydrogen-bond acceptors (Lipinski definition) is 12. The number of rotatable bonds is 8. The van der Waals surface area contributed by atoms with Crippen LogP contribution >= 0.6 is 241 Å². The molecule has 0 saturated carbocycles. The molecule has 0 radical (unpaired) electrons. The van der Waals surface area contributed by atoms with E-state index in [1.54, 1.807) is 22.7 Å². The highest BCUT2D eigenvalue weighted by Gasteiger charge is 2.32. The predicted molar refractivity (Wildman–Crippen MR) is 449 cm³/mol. The smallest absolute Gasteiger partial charge is 0.161 e. The Morgan fingerprint density at radius 1 is 0.307 bits per heavy atom. The van der Waals surface area contributed by atoms with Gasteiger partial charge < -0.3 is 8.83 Å². The number of benzene rings is 4. The van der Waals surface area contributed by atoms with Gasteiger partial charge in [0.15, 0.2) is 22.7 Å². The molecule has 0 aliphatic carbocycles. The summed E-state index contributed by atoms with van der Waals surface area (Å²) in [4.78, 5) is 7.43. The number of furan rings is 2. The molecule has 0 atom stereocenters. The molecule has 24 heteroatoms. The molecule has 12 heterocycles. The van der Waals surface area contributed by atoms with E-state index in [2.05, 4.69) is 272 Å². The van der Waals surface area contributed by atoms with Crippen LogP contribution in [0.2, 0.25) is 72.0 Å². The summed E-state index contributed by atoms with van der Waals surface area (Å²) in [5, 5.41) is 11.2. The van der Waals surface area contributed by atoms with Crippen LogP contribution in [0.4, 0.5) is 0 Å². The van der Waals surface area contributed by atoms with E-state index in [0.717, 1.165) is 55.0 Å². The Bertz CT molecular complexity index is 5420. The van der Waals surface area contributed by atoms with Gasteiger partial charge in [-0.3, -0.25) is 0 Å². The maximum absolute atomic E-state index is 6.63. The molecule has 0 aliphatic rings. The van der Waals surface area contributed by atoms with Crippen molar-refractivity contribution in [1.29, 1.82) is 0 Å². The van der Waals surface area contributed by atoms with Gasteiger partial charge in [-0.1, -0.05) is 137 Å². The van der Waals surface area contributed by atoms with Gasteiger partial charge >= 0.3 is 0 Å². The first-order valence-corrected chi connectivity index (χ1v) is 55.5. The lowest BCUT2D eigenvalue weighted by molar-refractivity contribution is 0.635. The minimum absolute atomic E-state index is 0. The molecule has 0 aliphatic heterocycles. The average Bonchev–Trinajstić information content (AvgIpc) is 1.62. The van der Waals surface area contributed by atoms with E-state index in [9.17, 15) is 0 Å². The van der Waals surface area contributed by atoms with Crippen LogP contribution < -0.4 is 20.7 Å². The second-order valence-corrected chi connectivity index (χ2v) is 60.0. The molecule has 88 heavy (non-hydrogen) atoms. The highest BCUT2D eigenvalue weighted by Crippen LogP contribution is 2.61. The van der Waals surface area contributed by atoms with Gasteiger partial charge in [0, 0.05) is 40.3 Å². The van der Waals surface area contributed by atoms with Crippen molar-refractivity contribution in [2.24, 2.45) is 0 Å². The van der Waals surface area contributed by atoms with Crippen LogP contribution in [0.25, 0.3) is 139 Å². The van der Waals surface area contributed by atoms with Gasteiger partial charge in [0.2, 0.25) is 0 Å². The lowest BCUT2D eigenvalue weighted by Gasteiger charge is -2.16. The van der Waals surface area contributed by atoms with Crippen molar-refractivity contribution < 1.29 is 8.83 Å². The Kier molecular flexibility index (Phi) is 17.4. The molecule has 2 nitrogen and oxygen atoms in total. The van der Waals surface area contributed by atoms with Crippen LogP contribution in [0.15, 0.2) is 117 Å². The highest BCUT2D eigenvalue weighted by atomic mass is 79.9. The summed E-state index contributed by atoms with van der Waals surface area (Å²) in [5.74, 6) is 1.75. The SMILES string of the molecule is C.C[SiH](C)c1ccc2c(c1)sc1c(Br)c(-c3sc4c(Br)c(-c5oc6c(sc7cc([Si](C)(C)C)ccc76)c5Br)sc4c3Br)oc12.C[Si](C)(C)c1ccc2c(c1)sc1c(Br)c(-c3sc4c(Br)c(-c5sc6c(sc7cc([Si](C)(C)C)ccc76)c5Br)sc4c3Br)sc12. The normalized spacial score (nSPS) is 13.0. The lowest BCUT2D eigenvalue weighted by Crippen LogP contribution is -2.37. The molecule has 4 aromatic carbocycles. The minimum Gasteiger partial charge on any atom is -0.452 e. The standard InChI is InChI=1S/C32H24Br4S6Si2.C31H22Br4O2S4Si2.CH4/c1-43(2,3)13-7-9-15-17(11-13)37-25-19(33)27(39-23(15)25)29-21(35)31-32(41-29)22(36)30(42-31)28-20(34)26-24(40-28)16-10-8-14(44(4,5)6)12-18(16)38-26;1-42(2)12-6-8-14-16(10-12)38-26-18(32)24(36-22(14)26)28-20(34)30-31(40-28)21(35)29(41-30)25-19(33)27-23(37-25)15-9-7-13(43(3,4)5)11-17(15)39-27;/h7-12H,1-6H3;6-11,42H,1-5H3;1H4.